The monoisotopic (exact) mass is 596 g/mol. The average Bonchev–Trinajstić information content (AvgIpc) is 2.85. The molecule has 0 spiro atoms. The highest BCUT2D eigenvalue weighted by Gasteiger charge is 2.46. The number of benzene rings is 4. The van der Waals surface area contributed by atoms with Gasteiger partial charge < -0.3 is 21.7 Å². The van der Waals surface area contributed by atoms with Crippen molar-refractivity contribution in [3.05, 3.63) is 119 Å². The number of ether oxygens (including phenoxy) is 1. The van der Waals surface area contributed by atoms with Gasteiger partial charge in [-0.3, -0.25) is 4.79 Å². The highest BCUT2D eigenvalue weighted by molar-refractivity contribution is 9.10. The molecule has 0 heterocycles. The third-order valence-electron chi connectivity index (χ3n) is 5.90. The molecule has 4 rings (SSSR count). The van der Waals surface area contributed by atoms with Crippen molar-refractivity contribution in [3.8, 4) is 5.75 Å². The van der Waals surface area contributed by atoms with Gasteiger partial charge in [-0.05, 0) is 68.4 Å². The Kier molecular flexibility index (Phi) is 9.24. The van der Waals surface area contributed by atoms with Crippen molar-refractivity contribution in [3.63, 3.8) is 0 Å². The molecule has 4 aromatic carbocycles. The van der Waals surface area contributed by atoms with Crippen molar-refractivity contribution in [1.29, 1.82) is 0 Å². The fourth-order valence-electron chi connectivity index (χ4n) is 4.08. The van der Waals surface area contributed by atoms with Crippen LogP contribution in [-0.4, -0.2) is 11.9 Å². The standard InChI is InChI=1S/C29H27BrO2P.BrH/c1-22(31)23(2)32-29-19-18-25(30)20-24(29)21-33(26-12-6-3-7-13-26,27-14-8-4-9-15-27)28-16-10-5-11-17-28;/h3-20,23H,21H2,1-2H3;1H/q+1;/p-1. The topological polar surface area (TPSA) is 26.3 Å². The molecule has 0 fully saturated rings. The first-order valence-electron chi connectivity index (χ1n) is 11.0. The Bertz CT molecular complexity index is 1120. The summed E-state index contributed by atoms with van der Waals surface area (Å²) in [5.41, 5.74) is 1.09. The maximum Gasteiger partial charge on any atom is 0.169 e. The Labute approximate surface area is 221 Å². The minimum absolute atomic E-state index is 0. The molecule has 0 N–H and O–H groups in total. The lowest BCUT2D eigenvalue weighted by Gasteiger charge is -2.28. The number of hydrogen-bond acceptors (Lipinski definition) is 2. The van der Waals surface area contributed by atoms with Crippen LogP contribution in [0.2, 0.25) is 0 Å². The van der Waals surface area contributed by atoms with E-state index in [1.165, 1.54) is 15.9 Å². The molecular formula is C29H27Br2O2P. The molecule has 0 aliphatic heterocycles. The zero-order valence-electron chi connectivity index (χ0n) is 19.2. The summed E-state index contributed by atoms with van der Waals surface area (Å²) in [5, 5.41) is 3.94. The third-order valence-corrected chi connectivity index (χ3v) is 10.7. The van der Waals surface area contributed by atoms with Crippen LogP contribution in [0, 0.1) is 0 Å². The molecule has 1 unspecified atom stereocenters. The number of hydrogen-bond donors (Lipinski definition) is 0. The van der Waals surface area contributed by atoms with E-state index in [9.17, 15) is 4.79 Å². The van der Waals surface area contributed by atoms with E-state index >= 15 is 0 Å². The Morgan fingerprint density at radius 1 is 0.794 bits per heavy atom. The molecule has 5 heteroatoms. The van der Waals surface area contributed by atoms with E-state index in [0.29, 0.717) is 0 Å². The van der Waals surface area contributed by atoms with Gasteiger partial charge in [-0.1, -0.05) is 70.5 Å². The van der Waals surface area contributed by atoms with Crippen LogP contribution < -0.4 is 37.6 Å². The number of halogens is 2. The zero-order chi connectivity index (χ0) is 23.3. The number of ketones is 1. The summed E-state index contributed by atoms with van der Waals surface area (Å²) in [5.74, 6) is 0.771. The molecule has 0 radical (unpaired) electrons. The van der Waals surface area contributed by atoms with Gasteiger partial charge in [0, 0.05) is 10.0 Å². The van der Waals surface area contributed by atoms with Gasteiger partial charge in [-0.2, -0.15) is 0 Å². The molecule has 4 aromatic rings. The van der Waals surface area contributed by atoms with Crippen LogP contribution in [0.3, 0.4) is 0 Å². The Morgan fingerprint density at radius 3 is 1.65 bits per heavy atom. The van der Waals surface area contributed by atoms with E-state index in [4.69, 9.17) is 4.74 Å². The fraction of sp³-hybridized carbons (Fsp3) is 0.138. The second-order valence-corrected chi connectivity index (χ2v) is 12.5. The van der Waals surface area contributed by atoms with Crippen molar-refractivity contribution >= 4 is 44.9 Å². The van der Waals surface area contributed by atoms with Crippen molar-refractivity contribution < 1.29 is 26.5 Å². The summed E-state index contributed by atoms with van der Waals surface area (Å²) in [6.45, 7) is 3.38. The predicted molar refractivity (Wildman–Crippen MR) is 144 cm³/mol. The van der Waals surface area contributed by atoms with Crippen LogP contribution in [0.4, 0.5) is 0 Å². The first-order chi connectivity index (χ1) is 16.0. The van der Waals surface area contributed by atoms with E-state index in [1.807, 2.05) is 19.1 Å². The smallest absolute Gasteiger partial charge is 0.169 e. The van der Waals surface area contributed by atoms with Crippen molar-refractivity contribution in [2.75, 3.05) is 0 Å². The lowest BCUT2D eigenvalue weighted by molar-refractivity contribution is -0.122. The van der Waals surface area contributed by atoms with Gasteiger partial charge >= 0.3 is 0 Å². The Hall–Kier alpha value is -2.26. The van der Waals surface area contributed by atoms with E-state index in [2.05, 4.69) is 113 Å². The molecule has 0 saturated carbocycles. The van der Waals surface area contributed by atoms with Gasteiger partial charge in [-0.25, -0.2) is 0 Å². The van der Waals surface area contributed by atoms with E-state index in [1.54, 1.807) is 6.92 Å². The Balaban J connectivity index is 0.00000324. The van der Waals surface area contributed by atoms with Crippen molar-refractivity contribution in [2.45, 2.75) is 26.1 Å². The summed E-state index contributed by atoms with van der Waals surface area (Å²) in [4.78, 5) is 11.9. The normalized spacial score (nSPS) is 11.9. The van der Waals surface area contributed by atoms with Crippen LogP contribution in [-0.2, 0) is 11.0 Å². The third kappa shape index (κ3) is 5.68. The van der Waals surface area contributed by atoms with Crippen molar-refractivity contribution in [2.24, 2.45) is 0 Å². The highest BCUT2D eigenvalue weighted by atomic mass is 79.9. The molecule has 1 atom stereocenters. The second-order valence-electron chi connectivity index (χ2n) is 8.10. The maximum atomic E-state index is 11.9. The SMILES string of the molecule is CC(=O)C(C)Oc1ccc(Br)cc1C[P+](c1ccccc1)(c1ccccc1)c1ccccc1.[Br-]. The molecule has 0 aromatic heterocycles. The fourth-order valence-corrected chi connectivity index (χ4v) is 8.74. The predicted octanol–water partition coefficient (Wildman–Crippen LogP) is 3.30. The Morgan fingerprint density at radius 2 is 1.24 bits per heavy atom. The lowest BCUT2D eigenvalue weighted by Crippen LogP contribution is -3.00. The summed E-state index contributed by atoms with van der Waals surface area (Å²) >= 11 is 3.66. The molecule has 0 aliphatic rings. The summed E-state index contributed by atoms with van der Waals surface area (Å²) in [6.07, 6.45) is 0.285. The largest absolute Gasteiger partial charge is 1.00 e. The number of carbonyl (C=O) groups is 1. The van der Waals surface area contributed by atoms with Crippen molar-refractivity contribution in [1.82, 2.24) is 0 Å². The number of rotatable bonds is 8. The first kappa shape index (κ1) is 26.3. The number of carbonyl (C=O) groups excluding carboxylic acids is 1. The molecule has 174 valence electrons. The molecule has 34 heavy (non-hydrogen) atoms. The van der Waals surface area contributed by atoms with E-state index in [0.717, 1.165) is 21.9 Å². The number of Topliss-reactive ketones (excluding diaryl/α,β-unsaturated/α-hetero) is 1. The highest BCUT2D eigenvalue weighted by Crippen LogP contribution is 2.59. The summed E-state index contributed by atoms with van der Waals surface area (Å²) < 4.78 is 7.16. The quantitative estimate of drug-likeness (QED) is 0.291. The molecule has 0 bridgehead atoms. The van der Waals surface area contributed by atoms with Gasteiger partial charge in [-0.15, -0.1) is 0 Å². The lowest BCUT2D eigenvalue weighted by atomic mass is 10.2. The van der Waals surface area contributed by atoms with Gasteiger partial charge in [0.25, 0.3) is 0 Å². The molecule has 0 aliphatic carbocycles. The zero-order valence-corrected chi connectivity index (χ0v) is 23.3. The van der Waals surface area contributed by atoms with Gasteiger partial charge in [0.1, 0.15) is 35.1 Å². The van der Waals surface area contributed by atoms with E-state index < -0.39 is 13.4 Å². The minimum atomic E-state index is -2.07. The molecule has 0 saturated heterocycles. The summed E-state index contributed by atoms with van der Waals surface area (Å²) in [7, 11) is -2.07. The van der Waals surface area contributed by atoms with E-state index in [-0.39, 0.29) is 22.8 Å². The molecule has 2 nitrogen and oxygen atoms in total. The van der Waals surface area contributed by atoms with Crippen LogP contribution in [0.15, 0.2) is 114 Å². The summed E-state index contributed by atoms with van der Waals surface area (Å²) in [6, 6.07) is 38.4. The average molecular weight is 598 g/mol. The second kappa shape index (κ2) is 11.9. The van der Waals surface area contributed by atoms with Gasteiger partial charge in [0.2, 0.25) is 0 Å². The molecular weight excluding hydrogens is 571 g/mol. The van der Waals surface area contributed by atoms with Gasteiger partial charge in [0.05, 0.1) is 0 Å². The maximum absolute atomic E-state index is 11.9. The van der Waals surface area contributed by atoms with Crippen LogP contribution in [0.1, 0.15) is 19.4 Å². The van der Waals surface area contributed by atoms with Crippen LogP contribution in [0.5, 0.6) is 5.75 Å². The van der Waals surface area contributed by atoms with Crippen LogP contribution >= 0.6 is 23.2 Å². The first-order valence-corrected chi connectivity index (χ1v) is 13.8. The minimum Gasteiger partial charge on any atom is -1.00 e. The van der Waals surface area contributed by atoms with Crippen LogP contribution in [0.25, 0.3) is 0 Å². The molecule has 0 amide bonds. The van der Waals surface area contributed by atoms with Gasteiger partial charge in [0.15, 0.2) is 11.9 Å².